The van der Waals surface area contributed by atoms with Crippen molar-refractivity contribution in [2.75, 3.05) is 25.0 Å². The molecular weight excluding hydrogens is 325 g/mol. The van der Waals surface area contributed by atoms with Gasteiger partial charge in [-0.1, -0.05) is 23.8 Å². The van der Waals surface area contributed by atoms with Gasteiger partial charge >= 0.3 is 6.18 Å². The first-order valence-corrected chi connectivity index (χ1v) is 8.44. The van der Waals surface area contributed by atoms with E-state index in [0.717, 1.165) is 48.4 Å². The molecule has 0 bridgehead atoms. The fraction of sp³-hybridized carbons (Fsp3) is 0.300. The molecule has 1 N–H and O–H groups in total. The summed E-state index contributed by atoms with van der Waals surface area (Å²) in [5.41, 5.74) is 5.20. The van der Waals surface area contributed by atoms with Crippen molar-refractivity contribution in [2.45, 2.75) is 19.0 Å². The summed E-state index contributed by atoms with van der Waals surface area (Å²) in [7, 11) is 1.91. The number of piperidine rings is 1. The van der Waals surface area contributed by atoms with Crippen molar-refractivity contribution < 1.29 is 13.2 Å². The van der Waals surface area contributed by atoms with Gasteiger partial charge in [0, 0.05) is 29.5 Å². The summed E-state index contributed by atoms with van der Waals surface area (Å²) in [6.45, 7) is 1.73. The number of benzene rings is 2. The standard InChI is InChI=1S/C20H19F3N2/c1-25-17-5-3-2-4-15(17)19(13-8-10-24-11-9-13)16-12-14(20(21,22)23)6-7-18(16)25/h2-7,12,24H,8-11H2,1H3. The van der Waals surface area contributed by atoms with E-state index in [9.17, 15) is 13.2 Å². The van der Waals surface area contributed by atoms with Crippen LogP contribution in [0.15, 0.2) is 48.0 Å². The highest BCUT2D eigenvalue weighted by Crippen LogP contribution is 2.48. The normalized spacial score (nSPS) is 17.4. The van der Waals surface area contributed by atoms with E-state index in [4.69, 9.17) is 0 Å². The number of hydrogen-bond donors (Lipinski definition) is 1. The highest BCUT2D eigenvalue weighted by atomic mass is 19.4. The highest BCUT2D eigenvalue weighted by Gasteiger charge is 2.34. The van der Waals surface area contributed by atoms with Crippen molar-refractivity contribution in [3.8, 4) is 0 Å². The van der Waals surface area contributed by atoms with Crippen LogP contribution in [-0.4, -0.2) is 20.1 Å². The van der Waals surface area contributed by atoms with Gasteiger partial charge in [-0.05, 0) is 55.8 Å². The first-order valence-electron chi connectivity index (χ1n) is 8.44. The van der Waals surface area contributed by atoms with Crippen LogP contribution in [0, 0.1) is 0 Å². The Labute approximate surface area is 145 Å². The first kappa shape index (κ1) is 16.2. The maximum absolute atomic E-state index is 13.3. The minimum absolute atomic E-state index is 0.592. The number of halogens is 3. The van der Waals surface area contributed by atoms with Crippen LogP contribution in [0.1, 0.15) is 29.5 Å². The molecule has 0 radical (unpaired) electrons. The molecule has 0 unspecified atom stereocenters. The molecule has 2 heterocycles. The number of hydrogen-bond acceptors (Lipinski definition) is 2. The van der Waals surface area contributed by atoms with Gasteiger partial charge in [0.05, 0.1) is 5.56 Å². The third-order valence-electron chi connectivity index (χ3n) is 5.05. The Hall–Kier alpha value is -2.27. The predicted octanol–water partition coefficient (Wildman–Crippen LogP) is 4.97. The molecule has 2 aromatic rings. The molecule has 0 atom stereocenters. The lowest BCUT2D eigenvalue weighted by atomic mass is 9.83. The van der Waals surface area contributed by atoms with E-state index >= 15 is 0 Å². The lowest BCUT2D eigenvalue weighted by molar-refractivity contribution is -0.137. The van der Waals surface area contributed by atoms with Crippen LogP contribution in [0.2, 0.25) is 0 Å². The summed E-state index contributed by atoms with van der Waals surface area (Å²) in [5.74, 6) is 0. The Bertz CT molecular complexity index is 844. The van der Waals surface area contributed by atoms with Crippen molar-refractivity contribution in [3.63, 3.8) is 0 Å². The van der Waals surface area contributed by atoms with Gasteiger partial charge < -0.3 is 10.2 Å². The summed E-state index contributed by atoms with van der Waals surface area (Å²) in [4.78, 5) is 1.98. The average molecular weight is 344 g/mol. The fourth-order valence-electron chi connectivity index (χ4n) is 3.82. The molecule has 2 nitrogen and oxygen atoms in total. The van der Waals surface area contributed by atoms with Crippen LogP contribution in [0.4, 0.5) is 24.5 Å². The third-order valence-corrected chi connectivity index (χ3v) is 5.05. The Morgan fingerprint density at radius 3 is 2.32 bits per heavy atom. The van der Waals surface area contributed by atoms with E-state index in [-0.39, 0.29) is 0 Å². The van der Waals surface area contributed by atoms with Gasteiger partial charge in [-0.3, -0.25) is 0 Å². The van der Waals surface area contributed by atoms with Crippen LogP contribution < -0.4 is 10.2 Å². The van der Waals surface area contributed by atoms with Crippen molar-refractivity contribution in [1.29, 1.82) is 0 Å². The van der Waals surface area contributed by atoms with Gasteiger partial charge in [-0.2, -0.15) is 13.2 Å². The quantitative estimate of drug-likeness (QED) is 0.726. The van der Waals surface area contributed by atoms with Crippen LogP contribution in [-0.2, 0) is 6.18 Å². The van der Waals surface area contributed by atoms with E-state index in [1.165, 1.54) is 17.7 Å². The minimum atomic E-state index is -4.34. The zero-order chi connectivity index (χ0) is 17.6. The Balaban J connectivity index is 1.99. The lowest BCUT2D eigenvalue weighted by Crippen LogP contribution is -2.25. The van der Waals surface area contributed by atoms with Gasteiger partial charge in [-0.15, -0.1) is 0 Å². The molecule has 1 fully saturated rings. The highest BCUT2D eigenvalue weighted by molar-refractivity contribution is 5.99. The summed E-state index contributed by atoms with van der Waals surface area (Å²) in [6, 6.07) is 12.0. The monoisotopic (exact) mass is 344 g/mol. The fourth-order valence-corrected chi connectivity index (χ4v) is 3.82. The van der Waals surface area contributed by atoms with E-state index in [2.05, 4.69) is 5.32 Å². The topological polar surface area (TPSA) is 15.3 Å². The molecule has 2 aromatic carbocycles. The number of alkyl halides is 3. The van der Waals surface area contributed by atoms with E-state index in [1.807, 2.05) is 36.2 Å². The van der Waals surface area contributed by atoms with E-state index < -0.39 is 11.7 Å². The number of rotatable bonds is 0. The number of nitrogens with zero attached hydrogens (tertiary/aromatic N) is 1. The number of para-hydroxylation sites is 1. The summed E-state index contributed by atoms with van der Waals surface area (Å²) >= 11 is 0. The first-order chi connectivity index (χ1) is 12.0. The van der Waals surface area contributed by atoms with Crippen LogP contribution in [0.5, 0.6) is 0 Å². The minimum Gasteiger partial charge on any atom is -0.344 e. The maximum Gasteiger partial charge on any atom is 0.416 e. The van der Waals surface area contributed by atoms with Gasteiger partial charge in [0.15, 0.2) is 0 Å². The SMILES string of the molecule is CN1c2ccccc2C(=C2CCNCC2)c2cc(C(F)(F)F)ccc21. The predicted molar refractivity (Wildman–Crippen MR) is 94.1 cm³/mol. The van der Waals surface area contributed by atoms with Gasteiger partial charge in [-0.25, -0.2) is 0 Å². The summed E-state index contributed by atoms with van der Waals surface area (Å²) in [5, 5.41) is 3.32. The number of nitrogens with one attached hydrogen (secondary N) is 1. The second-order valence-corrected chi connectivity index (χ2v) is 6.53. The van der Waals surface area contributed by atoms with Crippen LogP contribution in [0.25, 0.3) is 5.57 Å². The van der Waals surface area contributed by atoms with Crippen molar-refractivity contribution in [1.82, 2.24) is 5.32 Å². The molecule has 2 aliphatic heterocycles. The molecule has 1 saturated heterocycles. The van der Waals surface area contributed by atoms with Gasteiger partial charge in [0.1, 0.15) is 0 Å². The van der Waals surface area contributed by atoms with Crippen LogP contribution in [0.3, 0.4) is 0 Å². The molecule has 130 valence electrons. The smallest absolute Gasteiger partial charge is 0.344 e. The molecule has 0 saturated carbocycles. The largest absolute Gasteiger partial charge is 0.416 e. The molecule has 4 rings (SSSR count). The molecule has 0 spiro atoms. The zero-order valence-electron chi connectivity index (χ0n) is 14.0. The average Bonchev–Trinajstić information content (AvgIpc) is 2.62. The summed E-state index contributed by atoms with van der Waals surface area (Å²) < 4.78 is 39.8. The van der Waals surface area contributed by atoms with E-state index in [1.54, 1.807) is 6.07 Å². The Morgan fingerprint density at radius 2 is 1.60 bits per heavy atom. The van der Waals surface area contributed by atoms with Gasteiger partial charge in [0.25, 0.3) is 0 Å². The van der Waals surface area contributed by atoms with Crippen molar-refractivity contribution >= 4 is 16.9 Å². The van der Waals surface area contributed by atoms with Gasteiger partial charge in [0.2, 0.25) is 0 Å². The molecule has 0 aromatic heterocycles. The molecule has 0 aliphatic carbocycles. The zero-order valence-corrected chi connectivity index (χ0v) is 14.0. The van der Waals surface area contributed by atoms with Crippen molar-refractivity contribution in [3.05, 3.63) is 64.7 Å². The lowest BCUT2D eigenvalue weighted by Gasteiger charge is -2.34. The number of anilines is 2. The number of fused-ring (bicyclic) bond motifs is 2. The van der Waals surface area contributed by atoms with Crippen molar-refractivity contribution in [2.24, 2.45) is 0 Å². The van der Waals surface area contributed by atoms with Crippen LogP contribution >= 0.6 is 0 Å². The third kappa shape index (κ3) is 2.72. The molecule has 0 amide bonds. The molecule has 25 heavy (non-hydrogen) atoms. The maximum atomic E-state index is 13.3. The second-order valence-electron chi connectivity index (χ2n) is 6.53. The second kappa shape index (κ2) is 5.92. The molecule has 5 heteroatoms. The Morgan fingerprint density at radius 1 is 0.920 bits per heavy atom. The Kier molecular flexibility index (Phi) is 3.84. The summed E-state index contributed by atoms with van der Waals surface area (Å²) in [6.07, 6.45) is -2.61. The molecule has 2 aliphatic rings. The van der Waals surface area contributed by atoms with E-state index in [0.29, 0.717) is 5.56 Å². The molecular formula is C20H19F3N2.